The number of hydrogen-bond donors (Lipinski definition) is 1. The number of benzene rings is 1. The molecule has 0 aliphatic rings. The summed E-state index contributed by atoms with van der Waals surface area (Å²) in [5.41, 5.74) is 7.69. The zero-order valence-electron chi connectivity index (χ0n) is 12.1. The van der Waals surface area contributed by atoms with E-state index in [0.29, 0.717) is 28.5 Å². The summed E-state index contributed by atoms with van der Waals surface area (Å²) >= 11 is 0. The van der Waals surface area contributed by atoms with E-state index >= 15 is 0 Å². The Bertz CT molecular complexity index is 870. The van der Waals surface area contributed by atoms with Gasteiger partial charge < -0.3 is 15.2 Å². The summed E-state index contributed by atoms with van der Waals surface area (Å²) in [5, 5.41) is 4.03. The Hall–Kier alpha value is -3.27. The molecule has 2 aromatic heterocycles. The highest BCUT2D eigenvalue weighted by Gasteiger charge is 2.07. The van der Waals surface area contributed by atoms with Crippen molar-refractivity contribution in [2.75, 3.05) is 20.0 Å². The van der Waals surface area contributed by atoms with Gasteiger partial charge in [0.15, 0.2) is 5.82 Å². The summed E-state index contributed by atoms with van der Waals surface area (Å²) in [6.07, 6.45) is 2.91. The van der Waals surface area contributed by atoms with Crippen LogP contribution in [0.3, 0.4) is 0 Å². The molecule has 0 atom stereocenters. The fourth-order valence-corrected chi connectivity index (χ4v) is 1.97. The molecule has 22 heavy (non-hydrogen) atoms. The van der Waals surface area contributed by atoms with E-state index in [-0.39, 0.29) is 0 Å². The normalized spacial score (nSPS) is 10.1. The lowest BCUT2D eigenvalue weighted by Crippen LogP contribution is -1.98. The second-order valence-electron chi connectivity index (χ2n) is 4.38. The minimum absolute atomic E-state index is 0.333. The molecular formula is C15H13N5O2. The van der Waals surface area contributed by atoms with Crippen molar-refractivity contribution in [3.8, 4) is 23.3 Å². The van der Waals surface area contributed by atoms with Gasteiger partial charge in [-0.15, -0.1) is 0 Å². The average molecular weight is 295 g/mol. The number of aromatic nitrogens is 4. The largest absolute Gasteiger partial charge is 0.497 e. The number of ether oxygens (including phenoxy) is 2. The Kier molecular flexibility index (Phi) is 3.50. The fraction of sp³-hybridized carbons (Fsp3) is 0.133. The molecule has 0 spiro atoms. The van der Waals surface area contributed by atoms with E-state index in [1.54, 1.807) is 31.1 Å². The predicted molar refractivity (Wildman–Crippen MR) is 80.7 cm³/mol. The van der Waals surface area contributed by atoms with Gasteiger partial charge in [0.05, 0.1) is 14.2 Å². The highest BCUT2D eigenvalue weighted by molar-refractivity contribution is 5.72. The predicted octanol–water partition coefficient (Wildman–Crippen LogP) is 1.12. The molecule has 0 saturated carbocycles. The average Bonchev–Trinajstić information content (AvgIpc) is 2.97. The van der Waals surface area contributed by atoms with Gasteiger partial charge in [0.2, 0.25) is 0 Å². The van der Waals surface area contributed by atoms with Gasteiger partial charge in [0.25, 0.3) is 0 Å². The molecular weight excluding hydrogens is 282 g/mol. The zero-order chi connectivity index (χ0) is 15.5. The van der Waals surface area contributed by atoms with Crippen molar-refractivity contribution in [2.24, 2.45) is 0 Å². The lowest BCUT2D eigenvalue weighted by Gasteiger charge is -2.04. The number of methoxy groups -OCH3 is 2. The number of nitrogen functional groups attached to an aromatic ring is 1. The van der Waals surface area contributed by atoms with E-state index < -0.39 is 0 Å². The number of hydrogen-bond acceptors (Lipinski definition) is 6. The first-order chi connectivity index (χ1) is 10.7. The molecule has 0 bridgehead atoms. The van der Waals surface area contributed by atoms with Crippen LogP contribution in [0.1, 0.15) is 11.3 Å². The maximum Gasteiger partial charge on any atom is 0.154 e. The molecule has 0 amide bonds. The van der Waals surface area contributed by atoms with Gasteiger partial charge in [-0.2, -0.15) is 5.10 Å². The molecule has 7 heteroatoms. The first-order valence-corrected chi connectivity index (χ1v) is 6.40. The van der Waals surface area contributed by atoms with Crippen molar-refractivity contribution in [3.05, 3.63) is 42.1 Å². The number of rotatable bonds is 2. The summed E-state index contributed by atoms with van der Waals surface area (Å²) in [6, 6.07) is 5.41. The van der Waals surface area contributed by atoms with Gasteiger partial charge in [-0.3, -0.25) is 0 Å². The molecule has 3 aromatic rings. The lowest BCUT2D eigenvalue weighted by molar-refractivity contribution is 0.394. The van der Waals surface area contributed by atoms with Crippen LogP contribution in [0.5, 0.6) is 11.5 Å². The molecule has 0 saturated heterocycles. The van der Waals surface area contributed by atoms with Crippen LogP contribution in [0.4, 0.5) is 5.82 Å². The minimum atomic E-state index is 0.333. The number of imidazole rings is 1. The smallest absolute Gasteiger partial charge is 0.154 e. The molecule has 0 aliphatic carbocycles. The molecule has 0 fully saturated rings. The Morgan fingerprint density at radius 3 is 2.45 bits per heavy atom. The summed E-state index contributed by atoms with van der Waals surface area (Å²) in [4.78, 5) is 8.15. The summed E-state index contributed by atoms with van der Waals surface area (Å²) in [7, 11) is 3.18. The van der Waals surface area contributed by atoms with E-state index in [0.717, 1.165) is 5.56 Å². The number of anilines is 1. The molecule has 0 radical (unpaired) electrons. The van der Waals surface area contributed by atoms with Crippen LogP contribution >= 0.6 is 0 Å². The van der Waals surface area contributed by atoms with Crippen molar-refractivity contribution >= 4 is 11.3 Å². The van der Waals surface area contributed by atoms with Gasteiger partial charge in [0.1, 0.15) is 35.4 Å². The standard InChI is InChI=1S/C15H13N5O2/c1-21-11-5-10(6-12(7-11)22-2)3-4-13-14-15(16)17-8-19-20(14)9-18-13/h5-9H,1-2H3,(H2,16,17,19). The summed E-state index contributed by atoms with van der Waals surface area (Å²) < 4.78 is 12.0. The van der Waals surface area contributed by atoms with E-state index in [4.69, 9.17) is 15.2 Å². The van der Waals surface area contributed by atoms with E-state index in [9.17, 15) is 0 Å². The van der Waals surface area contributed by atoms with Crippen LogP contribution in [-0.4, -0.2) is 33.8 Å². The van der Waals surface area contributed by atoms with Crippen LogP contribution in [0.15, 0.2) is 30.9 Å². The lowest BCUT2D eigenvalue weighted by atomic mass is 10.2. The van der Waals surface area contributed by atoms with Crippen molar-refractivity contribution in [1.82, 2.24) is 19.6 Å². The van der Waals surface area contributed by atoms with Crippen LogP contribution in [-0.2, 0) is 0 Å². The highest BCUT2D eigenvalue weighted by Crippen LogP contribution is 2.22. The van der Waals surface area contributed by atoms with Crippen molar-refractivity contribution < 1.29 is 9.47 Å². The molecule has 0 unspecified atom stereocenters. The van der Waals surface area contributed by atoms with Gasteiger partial charge in [-0.05, 0) is 18.1 Å². The summed E-state index contributed by atoms with van der Waals surface area (Å²) in [6.45, 7) is 0. The van der Waals surface area contributed by atoms with Crippen LogP contribution in [0, 0.1) is 11.8 Å². The molecule has 7 nitrogen and oxygen atoms in total. The zero-order valence-corrected chi connectivity index (χ0v) is 12.1. The van der Waals surface area contributed by atoms with Gasteiger partial charge in [-0.1, -0.05) is 5.92 Å². The first kappa shape index (κ1) is 13.7. The van der Waals surface area contributed by atoms with Gasteiger partial charge in [-0.25, -0.2) is 14.5 Å². The number of fused-ring (bicyclic) bond motifs is 1. The molecule has 1 aromatic carbocycles. The van der Waals surface area contributed by atoms with Crippen LogP contribution in [0.25, 0.3) is 5.52 Å². The highest BCUT2D eigenvalue weighted by atomic mass is 16.5. The third-order valence-electron chi connectivity index (χ3n) is 3.04. The first-order valence-electron chi connectivity index (χ1n) is 6.40. The Labute approximate surface area is 126 Å². The Balaban J connectivity index is 2.05. The third-order valence-corrected chi connectivity index (χ3v) is 3.04. The Morgan fingerprint density at radius 2 is 1.77 bits per heavy atom. The molecule has 3 rings (SSSR count). The molecule has 0 aliphatic heterocycles. The number of nitrogens with zero attached hydrogens (tertiary/aromatic N) is 4. The SMILES string of the molecule is COc1cc(C#Cc2ncn3ncnc(N)c23)cc(OC)c1. The topological polar surface area (TPSA) is 87.6 Å². The molecule has 110 valence electrons. The second-order valence-corrected chi connectivity index (χ2v) is 4.38. The van der Waals surface area contributed by atoms with Crippen molar-refractivity contribution in [1.29, 1.82) is 0 Å². The maximum atomic E-state index is 5.84. The maximum absolute atomic E-state index is 5.84. The molecule has 2 N–H and O–H groups in total. The van der Waals surface area contributed by atoms with Crippen molar-refractivity contribution in [3.63, 3.8) is 0 Å². The van der Waals surface area contributed by atoms with Gasteiger partial charge in [0, 0.05) is 11.6 Å². The monoisotopic (exact) mass is 295 g/mol. The number of nitrogens with two attached hydrogens (primary N) is 1. The van der Waals surface area contributed by atoms with Crippen molar-refractivity contribution in [2.45, 2.75) is 0 Å². The third kappa shape index (κ3) is 2.50. The van der Waals surface area contributed by atoms with E-state index in [1.165, 1.54) is 6.33 Å². The van der Waals surface area contributed by atoms with Crippen LogP contribution < -0.4 is 15.2 Å². The van der Waals surface area contributed by atoms with Crippen LogP contribution in [0.2, 0.25) is 0 Å². The molecule has 2 heterocycles. The quantitative estimate of drug-likeness (QED) is 0.713. The minimum Gasteiger partial charge on any atom is -0.497 e. The Morgan fingerprint density at radius 1 is 1.05 bits per heavy atom. The van der Waals surface area contributed by atoms with E-state index in [1.807, 2.05) is 12.1 Å². The van der Waals surface area contributed by atoms with Gasteiger partial charge >= 0.3 is 0 Å². The fourth-order valence-electron chi connectivity index (χ4n) is 1.97. The second kappa shape index (κ2) is 5.61. The summed E-state index contributed by atoms with van der Waals surface area (Å²) in [5.74, 6) is 7.66. The van der Waals surface area contributed by atoms with E-state index in [2.05, 4.69) is 26.9 Å².